The molecule has 0 bridgehead atoms. The molecule has 27 rings (SSSR count). The van der Waals surface area contributed by atoms with Crippen molar-refractivity contribution in [3.8, 4) is 90.3 Å². The SMILES string of the molecule is c1ccc(-c2cccc(-c3ccccc3)c2N2c3cc4c(cc3B3c5ccc(-n6c7ccccc7c7ccccc76)cc5Oc5cc(-c6ccc7c(c6)c6ccccc6n7-c6ccccc6)cc2c53)B2c3ccc(-n5c6ccccc6c6ccccc65)cc3Oc3cc(-c5ccc6c(c5)c5ccccc5n6-c5ccccc5)cc(c32)N4c2ccccc2)cc1. The number of anilines is 6. The second-order valence-corrected chi connectivity index (χ2v) is 33.3. The quantitative estimate of drug-likeness (QED) is 0.128. The highest BCUT2D eigenvalue weighted by molar-refractivity contribution is 7.02. The number of hydrogen-bond donors (Lipinski definition) is 0. The highest BCUT2D eigenvalue weighted by Crippen LogP contribution is 2.54. The lowest BCUT2D eigenvalue weighted by atomic mass is 9.30. The Labute approximate surface area is 715 Å². The number of rotatable bonds is 10. The van der Waals surface area contributed by atoms with Gasteiger partial charge in [-0.1, -0.05) is 273 Å². The Morgan fingerprint density at radius 1 is 0.177 bits per heavy atom. The summed E-state index contributed by atoms with van der Waals surface area (Å²) in [6.45, 7) is -0.704. The van der Waals surface area contributed by atoms with Crippen LogP contribution in [0, 0.1) is 0 Å². The largest absolute Gasteiger partial charge is 0.458 e. The Hall–Kier alpha value is -16.3. The number of benzene rings is 19. The van der Waals surface area contributed by atoms with Crippen LogP contribution >= 0.6 is 0 Å². The van der Waals surface area contributed by atoms with Gasteiger partial charge in [-0.25, -0.2) is 0 Å². The van der Waals surface area contributed by atoms with E-state index < -0.39 is 0 Å². The van der Waals surface area contributed by atoms with Gasteiger partial charge in [0.15, 0.2) is 0 Å². The molecule has 4 aromatic heterocycles. The first-order valence-electron chi connectivity index (χ1n) is 42.8. The monoisotopic (exact) mass is 1580 g/mol. The molecule has 0 N–H and O–H groups in total. The minimum atomic E-state index is -0.366. The molecule has 0 atom stereocenters. The Balaban J connectivity index is 0.762. The zero-order valence-electron chi connectivity index (χ0n) is 67.1. The molecule has 0 spiro atoms. The molecule has 0 amide bonds. The van der Waals surface area contributed by atoms with E-state index in [0.717, 1.165) is 201 Å². The molecule has 23 aromatic rings. The molecule has 0 saturated heterocycles. The number of fused-ring (bicyclic) bond motifs is 20. The summed E-state index contributed by atoms with van der Waals surface area (Å²) in [5.74, 6) is 3.21. The molecule has 0 aliphatic carbocycles. The van der Waals surface area contributed by atoms with Gasteiger partial charge in [0.1, 0.15) is 23.0 Å². The molecule has 10 heteroatoms. The normalized spacial score (nSPS) is 12.9. The van der Waals surface area contributed by atoms with Gasteiger partial charge < -0.3 is 37.5 Å². The number of para-hydroxylation sites is 10. The maximum absolute atomic E-state index is 7.98. The summed E-state index contributed by atoms with van der Waals surface area (Å²) in [6, 6.07) is 157. The van der Waals surface area contributed by atoms with Crippen LogP contribution in [0.25, 0.3) is 154 Å². The molecule has 0 saturated carbocycles. The summed E-state index contributed by atoms with van der Waals surface area (Å²) in [6.07, 6.45) is 0. The van der Waals surface area contributed by atoms with Crippen molar-refractivity contribution < 1.29 is 9.47 Å². The third-order valence-electron chi connectivity index (χ3n) is 26.8. The summed E-state index contributed by atoms with van der Waals surface area (Å²) in [7, 11) is 0. The highest BCUT2D eigenvalue weighted by atomic mass is 16.5. The van der Waals surface area contributed by atoms with Crippen LogP contribution in [0.4, 0.5) is 34.1 Å². The van der Waals surface area contributed by atoms with Crippen LogP contribution < -0.4 is 52.1 Å². The van der Waals surface area contributed by atoms with Crippen molar-refractivity contribution in [2.24, 2.45) is 0 Å². The maximum Gasteiger partial charge on any atom is 0.256 e. The van der Waals surface area contributed by atoms with Gasteiger partial charge in [0.25, 0.3) is 13.4 Å². The molecule has 4 aliphatic rings. The van der Waals surface area contributed by atoms with E-state index in [4.69, 9.17) is 9.47 Å². The first kappa shape index (κ1) is 68.6. The molecule has 574 valence electrons. The van der Waals surface area contributed by atoms with Crippen LogP contribution in [-0.4, -0.2) is 31.7 Å². The summed E-state index contributed by atoms with van der Waals surface area (Å²) in [5, 5.41) is 9.51. The van der Waals surface area contributed by atoms with Gasteiger partial charge in [0.05, 0.1) is 49.8 Å². The second-order valence-electron chi connectivity index (χ2n) is 33.3. The molecule has 8 nitrogen and oxygen atoms in total. The summed E-state index contributed by atoms with van der Waals surface area (Å²) < 4.78 is 25.5. The van der Waals surface area contributed by atoms with Gasteiger partial charge in [0, 0.05) is 118 Å². The van der Waals surface area contributed by atoms with Crippen molar-refractivity contribution in [1.29, 1.82) is 0 Å². The van der Waals surface area contributed by atoms with Gasteiger partial charge in [-0.15, -0.1) is 0 Å². The van der Waals surface area contributed by atoms with E-state index in [-0.39, 0.29) is 13.4 Å². The average Bonchev–Trinajstić information content (AvgIpc) is 0.900. The van der Waals surface area contributed by atoms with E-state index in [1.165, 1.54) is 43.1 Å². The zero-order valence-corrected chi connectivity index (χ0v) is 67.1. The maximum atomic E-state index is 7.98. The topological polar surface area (TPSA) is 44.7 Å². The van der Waals surface area contributed by atoms with Crippen LogP contribution in [0.15, 0.2) is 425 Å². The van der Waals surface area contributed by atoms with Crippen molar-refractivity contribution in [3.05, 3.63) is 425 Å². The van der Waals surface area contributed by atoms with E-state index in [1.54, 1.807) is 0 Å². The van der Waals surface area contributed by atoms with Crippen molar-refractivity contribution in [3.63, 3.8) is 0 Å². The highest BCUT2D eigenvalue weighted by Gasteiger charge is 2.49. The fourth-order valence-corrected chi connectivity index (χ4v) is 21.6. The Kier molecular flexibility index (Phi) is 14.7. The number of ether oxygens (including phenoxy) is 2. The standard InChI is InChI=1S/C114H70B2N6O2/c1-6-29-71(30-7-1)82-45-28-46-83(72-31-8-2-9-32-72)114(82)122-105-70-104-94(69-95(105)116-93-58-56-81(121-98-49-24-18-41-86(98)87-42-19-25-50-99(87)121)68-109(93)124-111-66-76(64-107(122)113(111)116)74-54-60-103-91(62-74)89-44-21-27-52-101(89)118(103)78-35-12-4-13-36-78)115-92-57-55-80(120-96-47-22-16-39-84(96)85-40-17-23-48-97(85)120)67-108(92)123-110-65-75(63-106(112(110)115)119(104)79-37-14-5-15-38-79)73-53-59-102-90(61-73)88-43-20-26-51-100(88)117(102)77-33-10-3-11-34-77/h1-70H. The van der Waals surface area contributed by atoms with Crippen LogP contribution in [-0.2, 0) is 0 Å². The van der Waals surface area contributed by atoms with Gasteiger partial charge in [0.2, 0.25) is 0 Å². The van der Waals surface area contributed by atoms with E-state index in [1.807, 2.05) is 0 Å². The first-order valence-corrected chi connectivity index (χ1v) is 42.8. The molecule has 0 fully saturated rings. The Morgan fingerprint density at radius 2 is 0.508 bits per heavy atom. The molecule has 124 heavy (non-hydrogen) atoms. The third kappa shape index (κ3) is 10.0. The van der Waals surface area contributed by atoms with Gasteiger partial charge in [-0.2, -0.15) is 0 Å². The minimum Gasteiger partial charge on any atom is -0.458 e. The van der Waals surface area contributed by atoms with Gasteiger partial charge in [-0.3, -0.25) is 0 Å². The molecule has 4 aliphatic heterocycles. The average molecular weight is 1580 g/mol. The number of hydrogen-bond acceptors (Lipinski definition) is 4. The van der Waals surface area contributed by atoms with Crippen molar-refractivity contribution >= 4 is 168 Å². The van der Waals surface area contributed by atoms with Crippen molar-refractivity contribution in [2.45, 2.75) is 0 Å². The molecule has 0 unspecified atom stereocenters. The van der Waals surface area contributed by atoms with Crippen molar-refractivity contribution in [2.75, 3.05) is 9.80 Å². The predicted octanol–water partition coefficient (Wildman–Crippen LogP) is 25.6. The Bertz CT molecular complexity index is 8300. The predicted molar refractivity (Wildman–Crippen MR) is 517 cm³/mol. The summed E-state index contributed by atoms with van der Waals surface area (Å²) in [5.41, 5.74) is 34.9. The lowest BCUT2D eigenvalue weighted by Gasteiger charge is -2.45. The minimum absolute atomic E-state index is 0.338. The van der Waals surface area contributed by atoms with Gasteiger partial charge >= 0.3 is 0 Å². The van der Waals surface area contributed by atoms with E-state index in [0.29, 0.717) is 0 Å². The van der Waals surface area contributed by atoms with Crippen molar-refractivity contribution in [1.82, 2.24) is 18.3 Å². The zero-order chi connectivity index (χ0) is 80.9. The lowest BCUT2D eigenvalue weighted by Crippen LogP contribution is -2.63. The van der Waals surface area contributed by atoms with Crippen LogP contribution in [0.2, 0.25) is 0 Å². The van der Waals surface area contributed by atoms with E-state index in [9.17, 15) is 0 Å². The summed E-state index contributed by atoms with van der Waals surface area (Å²) in [4.78, 5) is 5.21. The van der Waals surface area contributed by atoms with E-state index in [2.05, 4.69) is 453 Å². The lowest BCUT2D eigenvalue weighted by molar-refractivity contribution is 0.487. The van der Waals surface area contributed by atoms with Gasteiger partial charge in [-0.05, 0) is 206 Å². The molecule has 0 radical (unpaired) electrons. The summed E-state index contributed by atoms with van der Waals surface area (Å²) >= 11 is 0. The number of aromatic nitrogens is 4. The molecule has 8 heterocycles. The van der Waals surface area contributed by atoms with E-state index >= 15 is 0 Å². The van der Waals surface area contributed by atoms with Crippen LogP contribution in [0.3, 0.4) is 0 Å². The second kappa shape index (κ2) is 26.6. The third-order valence-corrected chi connectivity index (χ3v) is 26.8. The fraction of sp³-hybridized carbons (Fsp3) is 0. The molecule has 19 aromatic carbocycles. The number of nitrogens with zero attached hydrogens (tertiary/aromatic N) is 6. The molecular weight excluding hydrogens is 1510 g/mol. The molecular formula is C114H70B2N6O2. The van der Waals surface area contributed by atoms with Crippen LogP contribution in [0.5, 0.6) is 23.0 Å². The fourth-order valence-electron chi connectivity index (χ4n) is 21.6. The first-order chi connectivity index (χ1) is 61.5. The smallest absolute Gasteiger partial charge is 0.256 e. The Morgan fingerprint density at radius 3 is 0.911 bits per heavy atom. The van der Waals surface area contributed by atoms with Crippen LogP contribution in [0.1, 0.15) is 0 Å².